The maximum Gasteiger partial charge on any atom is 0.127 e. The first-order chi connectivity index (χ1) is 9.81. The minimum Gasteiger partial charge on any atom is -0.369 e. The van der Waals surface area contributed by atoms with E-state index >= 15 is 0 Å². The lowest BCUT2D eigenvalue weighted by molar-refractivity contribution is -0.117. The molecule has 0 amide bonds. The third-order valence-corrected chi connectivity index (χ3v) is 4.88. The molecular weight excluding hydrogens is 248 g/mol. The predicted molar refractivity (Wildman–Crippen MR) is 82.1 cm³/mol. The number of rotatable bonds is 4. The fourth-order valence-corrected chi connectivity index (χ4v) is 3.64. The van der Waals surface area contributed by atoms with Crippen molar-refractivity contribution in [3.8, 4) is 0 Å². The van der Waals surface area contributed by atoms with Gasteiger partial charge in [0.15, 0.2) is 0 Å². The van der Waals surface area contributed by atoms with Gasteiger partial charge in [-0.2, -0.15) is 0 Å². The highest BCUT2D eigenvalue weighted by Crippen LogP contribution is 2.37. The Morgan fingerprint density at radius 3 is 2.25 bits per heavy atom. The molecule has 20 heavy (non-hydrogen) atoms. The van der Waals surface area contributed by atoms with Gasteiger partial charge in [0.05, 0.1) is 0 Å². The molecule has 1 aliphatic carbocycles. The summed E-state index contributed by atoms with van der Waals surface area (Å²) in [5.74, 6) is 0. The monoisotopic (exact) mass is 272 g/mol. The zero-order valence-electron chi connectivity index (χ0n) is 12.1. The van der Waals surface area contributed by atoms with Crippen LogP contribution in [0.3, 0.4) is 0 Å². The van der Waals surface area contributed by atoms with Crippen LogP contribution in [0.2, 0.25) is 0 Å². The van der Waals surface area contributed by atoms with Gasteiger partial charge in [-0.3, -0.25) is 4.90 Å². The second-order valence-corrected chi connectivity index (χ2v) is 6.29. The van der Waals surface area contributed by atoms with E-state index in [4.69, 9.17) is 0 Å². The second kappa shape index (κ2) is 5.96. The molecule has 1 aliphatic heterocycles. The molecule has 1 saturated carbocycles. The van der Waals surface area contributed by atoms with E-state index in [1.54, 1.807) is 0 Å². The van der Waals surface area contributed by atoms with Crippen LogP contribution in [0.25, 0.3) is 0 Å². The maximum atomic E-state index is 11.5. The van der Waals surface area contributed by atoms with Gasteiger partial charge in [0.25, 0.3) is 0 Å². The van der Waals surface area contributed by atoms with Gasteiger partial charge in [0.1, 0.15) is 6.29 Å². The number of para-hydroxylation sites is 1. The minimum absolute atomic E-state index is 0.0328. The molecule has 0 atom stereocenters. The van der Waals surface area contributed by atoms with Crippen molar-refractivity contribution in [3.05, 3.63) is 30.3 Å². The summed E-state index contributed by atoms with van der Waals surface area (Å²) in [5.41, 5.74) is 1.28. The highest BCUT2D eigenvalue weighted by molar-refractivity contribution is 5.60. The van der Waals surface area contributed by atoms with Crippen LogP contribution in [-0.2, 0) is 4.79 Å². The van der Waals surface area contributed by atoms with Crippen LogP contribution in [0.1, 0.15) is 25.7 Å². The zero-order valence-corrected chi connectivity index (χ0v) is 12.1. The van der Waals surface area contributed by atoms with Crippen molar-refractivity contribution in [1.29, 1.82) is 0 Å². The topological polar surface area (TPSA) is 23.6 Å². The molecular formula is C17H24N2O. The van der Waals surface area contributed by atoms with Crippen LogP contribution in [0.5, 0.6) is 0 Å². The van der Waals surface area contributed by atoms with Crippen molar-refractivity contribution >= 4 is 12.0 Å². The quantitative estimate of drug-likeness (QED) is 0.787. The summed E-state index contributed by atoms with van der Waals surface area (Å²) in [5, 5.41) is 0. The number of nitrogens with zero attached hydrogens (tertiary/aromatic N) is 2. The van der Waals surface area contributed by atoms with Crippen molar-refractivity contribution in [2.45, 2.75) is 25.7 Å². The average molecular weight is 272 g/mol. The first-order valence-corrected chi connectivity index (χ1v) is 7.80. The van der Waals surface area contributed by atoms with Gasteiger partial charge in [0, 0.05) is 43.8 Å². The molecule has 0 aromatic heterocycles. The maximum absolute atomic E-state index is 11.5. The van der Waals surface area contributed by atoms with Crippen LogP contribution >= 0.6 is 0 Å². The normalized spacial score (nSPS) is 22.9. The number of carbonyl (C=O) groups is 1. The Morgan fingerprint density at radius 1 is 1.00 bits per heavy atom. The fraction of sp³-hybridized carbons (Fsp3) is 0.588. The molecule has 108 valence electrons. The summed E-state index contributed by atoms with van der Waals surface area (Å²) in [6.07, 6.45) is 5.87. The summed E-state index contributed by atoms with van der Waals surface area (Å²) in [4.78, 5) is 16.4. The Bertz CT molecular complexity index is 432. The van der Waals surface area contributed by atoms with E-state index in [9.17, 15) is 4.79 Å². The Morgan fingerprint density at radius 2 is 1.65 bits per heavy atom. The van der Waals surface area contributed by atoms with Crippen molar-refractivity contribution < 1.29 is 4.79 Å². The number of hydrogen-bond donors (Lipinski definition) is 0. The SMILES string of the molecule is O=CC1(CN2CCN(c3ccccc3)CC2)CCCC1. The van der Waals surface area contributed by atoms with Gasteiger partial charge in [-0.1, -0.05) is 31.0 Å². The molecule has 0 spiro atoms. The average Bonchev–Trinajstić information content (AvgIpc) is 2.98. The van der Waals surface area contributed by atoms with Crippen molar-refractivity contribution in [1.82, 2.24) is 4.90 Å². The van der Waals surface area contributed by atoms with E-state index in [0.29, 0.717) is 0 Å². The van der Waals surface area contributed by atoms with Crippen LogP contribution in [0.15, 0.2) is 30.3 Å². The van der Waals surface area contributed by atoms with Gasteiger partial charge in [0.2, 0.25) is 0 Å². The van der Waals surface area contributed by atoms with E-state index in [0.717, 1.165) is 45.6 Å². The standard InChI is InChI=1S/C17H24N2O/c20-15-17(8-4-5-9-17)14-18-10-12-19(13-11-18)16-6-2-1-3-7-16/h1-3,6-7,15H,4-5,8-14H2. The number of piperazine rings is 1. The van der Waals surface area contributed by atoms with E-state index in [2.05, 4.69) is 40.1 Å². The largest absolute Gasteiger partial charge is 0.369 e. The first kappa shape index (κ1) is 13.6. The van der Waals surface area contributed by atoms with Crippen LogP contribution in [0.4, 0.5) is 5.69 Å². The number of aldehydes is 1. The number of benzene rings is 1. The van der Waals surface area contributed by atoms with E-state index in [1.807, 2.05) is 0 Å². The highest BCUT2D eigenvalue weighted by Gasteiger charge is 2.35. The third kappa shape index (κ3) is 2.88. The Hall–Kier alpha value is -1.35. The molecule has 3 heteroatoms. The summed E-state index contributed by atoms with van der Waals surface area (Å²) in [6.45, 7) is 5.26. The smallest absolute Gasteiger partial charge is 0.127 e. The highest BCUT2D eigenvalue weighted by atomic mass is 16.1. The summed E-state index contributed by atoms with van der Waals surface area (Å²) in [7, 11) is 0. The molecule has 0 bridgehead atoms. The lowest BCUT2D eigenvalue weighted by atomic mass is 9.87. The fourth-order valence-electron chi connectivity index (χ4n) is 3.64. The first-order valence-electron chi connectivity index (χ1n) is 7.80. The summed E-state index contributed by atoms with van der Waals surface area (Å²) >= 11 is 0. The second-order valence-electron chi connectivity index (χ2n) is 6.29. The van der Waals surface area contributed by atoms with Crippen LogP contribution < -0.4 is 4.90 Å². The molecule has 1 heterocycles. The van der Waals surface area contributed by atoms with E-state index in [1.165, 1.54) is 24.8 Å². The molecule has 3 nitrogen and oxygen atoms in total. The minimum atomic E-state index is -0.0328. The van der Waals surface area contributed by atoms with Gasteiger partial charge in [-0.15, -0.1) is 0 Å². The van der Waals surface area contributed by atoms with Gasteiger partial charge in [-0.25, -0.2) is 0 Å². The molecule has 0 N–H and O–H groups in total. The van der Waals surface area contributed by atoms with E-state index < -0.39 is 0 Å². The van der Waals surface area contributed by atoms with Crippen molar-refractivity contribution in [2.75, 3.05) is 37.6 Å². The van der Waals surface area contributed by atoms with Gasteiger partial charge < -0.3 is 9.69 Å². The van der Waals surface area contributed by atoms with Crippen molar-refractivity contribution in [2.24, 2.45) is 5.41 Å². The van der Waals surface area contributed by atoms with Crippen LogP contribution in [-0.4, -0.2) is 43.9 Å². The number of hydrogen-bond acceptors (Lipinski definition) is 3. The molecule has 2 aliphatic rings. The lowest BCUT2D eigenvalue weighted by Gasteiger charge is -2.39. The summed E-state index contributed by atoms with van der Waals surface area (Å²) in [6, 6.07) is 10.6. The zero-order chi connectivity index (χ0) is 13.8. The molecule has 2 fully saturated rings. The Labute approximate surface area is 121 Å². The molecule has 0 radical (unpaired) electrons. The lowest BCUT2D eigenvalue weighted by Crippen LogP contribution is -2.49. The Balaban J connectivity index is 1.55. The van der Waals surface area contributed by atoms with Crippen molar-refractivity contribution in [3.63, 3.8) is 0 Å². The Kier molecular flexibility index (Phi) is 4.06. The van der Waals surface area contributed by atoms with Gasteiger partial charge >= 0.3 is 0 Å². The van der Waals surface area contributed by atoms with Crippen LogP contribution in [0, 0.1) is 5.41 Å². The molecule has 1 aromatic rings. The predicted octanol–water partition coefficient (Wildman–Crippen LogP) is 2.57. The van der Waals surface area contributed by atoms with E-state index in [-0.39, 0.29) is 5.41 Å². The molecule has 1 saturated heterocycles. The molecule has 1 aromatic carbocycles. The summed E-state index contributed by atoms with van der Waals surface area (Å²) < 4.78 is 0. The van der Waals surface area contributed by atoms with Gasteiger partial charge in [-0.05, 0) is 25.0 Å². The molecule has 3 rings (SSSR count). The third-order valence-electron chi connectivity index (χ3n) is 4.88. The number of carbonyl (C=O) groups excluding carboxylic acids is 1. The molecule has 0 unspecified atom stereocenters. The number of anilines is 1.